The summed E-state index contributed by atoms with van der Waals surface area (Å²) in [6.45, 7) is 2.25. The highest BCUT2D eigenvalue weighted by atomic mass is 19.4. The van der Waals surface area contributed by atoms with Gasteiger partial charge >= 0.3 is 6.18 Å². The molecule has 1 saturated carbocycles. The van der Waals surface area contributed by atoms with Crippen molar-refractivity contribution in [3.8, 4) is 0 Å². The molecule has 1 fully saturated rings. The largest absolute Gasteiger partial charge is 0.416 e. The second-order valence-electron chi connectivity index (χ2n) is 7.40. The Bertz CT molecular complexity index is 910. The van der Waals surface area contributed by atoms with Gasteiger partial charge in [-0.05, 0) is 38.0 Å². The number of carbonyl (C=O) groups excluding carboxylic acids is 1. The maximum absolute atomic E-state index is 13.1. The molecule has 1 amide bonds. The lowest BCUT2D eigenvalue weighted by Crippen LogP contribution is -2.38. The van der Waals surface area contributed by atoms with Gasteiger partial charge in [-0.2, -0.15) is 13.2 Å². The fraction of sp³-hybridized carbons (Fsp3) is 0.524. The number of nitrogens with zero attached hydrogens (tertiary/aromatic N) is 1. The van der Waals surface area contributed by atoms with E-state index in [-0.39, 0.29) is 17.0 Å². The second-order valence-corrected chi connectivity index (χ2v) is 7.40. The minimum Gasteiger partial charge on any atom is -0.349 e. The van der Waals surface area contributed by atoms with E-state index >= 15 is 0 Å². The fourth-order valence-corrected chi connectivity index (χ4v) is 3.86. The summed E-state index contributed by atoms with van der Waals surface area (Å²) in [5.41, 5.74) is -1.26. The molecule has 1 aromatic heterocycles. The van der Waals surface area contributed by atoms with Crippen LogP contribution < -0.4 is 10.7 Å². The van der Waals surface area contributed by atoms with E-state index in [9.17, 15) is 22.8 Å². The van der Waals surface area contributed by atoms with E-state index in [0.29, 0.717) is 12.1 Å². The molecular weight excluding hydrogens is 369 g/mol. The number of rotatable bonds is 3. The zero-order valence-electron chi connectivity index (χ0n) is 15.9. The summed E-state index contributed by atoms with van der Waals surface area (Å²) in [5.74, 6) is -0.503. The zero-order chi connectivity index (χ0) is 20.3. The Kier molecular flexibility index (Phi) is 6.10. The zero-order valence-corrected chi connectivity index (χ0v) is 15.9. The van der Waals surface area contributed by atoms with Crippen LogP contribution in [0.4, 0.5) is 13.2 Å². The van der Waals surface area contributed by atoms with Gasteiger partial charge in [-0.1, -0.05) is 32.1 Å². The monoisotopic (exact) mass is 394 g/mol. The number of aromatic nitrogens is 1. The number of carbonyl (C=O) groups is 1. The molecule has 0 aliphatic heterocycles. The number of nitrogens with one attached hydrogen (secondary N) is 1. The Balaban J connectivity index is 1.98. The highest BCUT2D eigenvalue weighted by Crippen LogP contribution is 2.30. The molecule has 4 nitrogen and oxygen atoms in total. The Morgan fingerprint density at radius 3 is 2.39 bits per heavy atom. The van der Waals surface area contributed by atoms with Gasteiger partial charge in [-0.15, -0.1) is 0 Å². The average Bonchev–Trinajstić information content (AvgIpc) is 2.63. The molecule has 3 rings (SSSR count). The Labute approximate surface area is 161 Å². The number of amides is 1. The first kappa shape index (κ1) is 20.4. The van der Waals surface area contributed by atoms with Crippen LogP contribution in [0.1, 0.15) is 67.8 Å². The van der Waals surface area contributed by atoms with Crippen molar-refractivity contribution in [2.75, 3.05) is 0 Å². The molecule has 0 unspecified atom stereocenters. The van der Waals surface area contributed by atoms with E-state index in [0.717, 1.165) is 50.7 Å². The number of benzene rings is 1. The van der Waals surface area contributed by atoms with E-state index in [1.807, 2.05) is 6.92 Å². The molecule has 28 heavy (non-hydrogen) atoms. The number of halogens is 3. The lowest BCUT2D eigenvalue weighted by atomic mass is 9.96. The highest BCUT2D eigenvalue weighted by molar-refractivity contribution is 5.97. The fourth-order valence-electron chi connectivity index (χ4n) is 3.86. The molecule has 1 heterocycles. The first-order valence-corrected chi connectivity index (χ1v) is 9.86. The predicted molar refractivity (Wildman–Crippen MR) is 102 cm³/mol. The van der Waals surface area contributed by atoms with Crippen molar-refractivity contribution >= 4 is 16.8 Å². The summed E-state index contributed by atoms with van der Waals surface area (Å²) in [6.07, 6.45) is 4.14. The lowest BCUT2D eigenvalue weighted by molar-refractivity contribution is -0.137. The van der Waals surface area contributed by atoms with Crippen LogP contribution in [-0.4, -0.2) is 16.5 Å². The first-order chi connectivity index (χ1) is 13.3. The van der Waals surface area contributed by atoms with Gasteiger partial charge in [0, 0.05) is 24.2 Å². The van der Waals surface area contributed by atoms with Crippen molar-refractivity contribution in [1.82, 2.24) is 9.88 Å². The molecule has 1 N–H and O–H groups in total. The molecule has 0 saturated heterocycles. The number of fused-ring (bicyclic) bond motifs is 1. The van der Waals surface area contributed by atoms with Crippen molar-refractivity contribution in [3.05, 3.63) is 45.7 Å². The van der Waals surface area contributed by atoms with Crippen LogP contribution in [0.2, 0.25) is 0 Å². The number of aryl methyl sites for hydroxylation is 1. The third-order valence-corrected chi connectivity index (χ3v) is 5.43. The minimum absolute atomic E-state index is 0.000479. The van der Waals surface area contributed by atoms with Crippen molar-refractivity contribution in [3.63, 3.8) is 0 Å². The van der Waals surface area contributed by atoms with Gasteiger partial charge in [0.2, 0.25) is 5.43 Å². The van der Waals surface area contributed by atoms with E-state index in [2.05, 4.69) is 5.32 Å². The van der Waals surface area contributed by atoms with Crippen LogP contribution in [-0.2, 0) is 12.7 Å². The van der Waals surface area contributed by atoms with Gasteiger partial charge in [0.05, 0.1) is 11.1 Å². The van der Waals surface area contributed by atoms with Crippen molar-refractivity contribution in [2.45, 2.75) is 70.6 Å². The van der Waals surface area contributed by atoms with Gasteiger partial charge in [0.15, 0.2) is 0 Å². The molecule has 1 aromatic carbocycles. The number of alkyl halides is 3. The second kappa shape index (κ2) is 8.37. The van der Waals surface area contributed by atoms with Crippen LogP contribution >= 0.6 is 0 Å². The molecule has 0 bridgehead atoms. The molecule has 2 aromatic rings. The van der Waals surface area contributed by atoms with E-state index in [1.165, 1.54) is 18.7 Å². The van der Waals surface area contributed by atoms with Crippen molar-refractivity contribution < 1.29 is 18.0 Å². The maximum Gasteiger partial charge on any atom is 0.416 e. The van der Waals surface area contributed by atoms with Gasteiger partial charge in [-0.25, -0.2) is 0 Å². The molecule has 0 atom stereocenters. The predicted octanol–water partition coefficient (Wildman–Crippen LogP) is 4.88. The lowest BCUT2D eigenvalue weighted by Gasteiger charge is -2.21. The van der Waals surface area contributed by atoms with Gasteiger partial charge in [0.25, 0.3) is 5.91 Å². The quantitative estimate of drug-likeness (QED) is 0.806. The van der Waals surface area contributed by atoms with E-state index < -0.39 is 23.1 Å². The molecule has 0 radical (unpaired) electrons. The van der Waals surface area contributed by atoms with Gasteiger partial charge in [-0.3, -0.25) is 9.59 Å². The average molecular weight is 394 g/mol. The van der Waals surface area contributed by atoms with Crippen LogP contribution in [0.5, 0.6) is 0 Å². The Morgan fingerprint density at radius 1 is 1.14 bits per heavy atom. The van der Waals surface area contributed by atoms with Crippen LogP contribution in [0.3, 0.4) is 0 Å². The van der Waals surface area contributed by atoms with Crippen molar-refractivity contribution in [2.24, 2.45) is 0 Å². The molecule has 152 valence electrons. The minimum atomic E-state index is -4.55. The first-order valence-electron chi connectivity index (χ1n) is 9.86. The number of hydrogen-bond donors (Lipinski definition) is 1. The maximum atomic E-state index is 13.1. The van der Waals surface area contributed by atoms with Crippen LogP contribution in [0, 0.1) is 0 Å². The molecule has 0 spiro atoms. The molecular formula is C21H25F3N2O2. The van der Waals surface area contributed by atoms with E-state index in [1.54, 1.807) is 4.57 Å². The summed E-state index contributed by atoms with van der Waals surface area (Å²) in [4.78, 5) is 25.6. The van der Waals surface area contributed by atoms with Crippen molar-refractivity contribution in [1.29, 1.82) is 0 Å². The molecule has 7 heteroatoms. The topological polar surface area (TPSA) is 51.1 Å². The SMILES string of the molecule is CCn1cc(C(=O)NC2CCCCCCC2)c(=O)c2cc(C(F)(F)F)ccc21. The Morgan fingerprint density at radius 2 is 1.79 bits per heavy atom. The van der Waals surface area contributed by atoms with Gasteiger partial charge < -0.3 is 9.88 Å². The number of hydrogen-bond acceptors (Lipinski definition) is 2. The highest BCUT2D eigenvalue weighted by Gasteiger charge is 2.31. The number of pyridine rings is 1. The summed E-state index contributed by atoms with van der Waals surface area (Å²) >= 11 is 0. The van der Waals surface area contributed by atoms with Crippen LogP contribution in [0.25, 0.3) is 10.9 Å². The van der Waals surface area contributed by atoms with Gasteiger partial charge in [0.1, 0.15) is 5.56 Å². The Hall–Kier alpha value is -2.31. The smallest absolute Gasteiger partial charge is 0.349 e. The molecule has 1 aliphatic carbocycles. The summed E-state index contributed by atoms with van der Waals surface area (Å²) < 4.78 is 40.9. The third kappa shape index (κ3) is 4.39. The normalized spacial score (nSPS) is 16.6. The van der Waals surface area contributed by atoms with E-state index in [4.69, 9.17) is 0 Å². The van der Waals surface area contributed by atoms with Crippen LogP contribution in [0.15, 0.2) is 29.2 Å². The third-order valence-electron chi connectivity index (χ3n) is 5.43. The summed E-state index contributed by atoms with van der Waals surface area (Å²) in [5, 5.41) is 2.85. The molecule has 1 aliphatic rings. The summed E-state index contributed by atoms with van der Waals surface area (Å²) in [6, 6.07) is 3.09. The summed E-state index contributed by atoms with van der Waals surface area (Å²) in [7, 11) is 0. The standard InChI is InChI=1S/C21H25F3N2O2/c1-2-26-13-17(20(28)25-15-8-6-4-3-5-7-9-15)19(27)16-12-14(21(22,23)24)10-11-18(16)26/h10-13,15H,2-9H2,1H3,(H,25,28).